The van der Waals surface area contributed by atoms with Crippen molar-refractivity contribution in [2.45, 2.75) is 64.7 Å². The maximum atomic E-state index is 11.0. The molecule has 84 valence electrons. The SMILES string of the molecule is CCCCCCCCCCC(=O)CI. The topological polar surface area (TPSA) is 17.1 Å². The van der Waals surface area contributed by atoms with Gasteiger partial charge in [0.15, 0.2) is 0 Å². The van der Waals surface area contributed by atoms with Gasteiger partial charge < -0.3 is 0 Å². The summed E-state index contributed by atoms with van der Waals surface area (Å²) in [5.74, 6) is 0.414. The molecular formula is C12H23IO. The van der Waals surface area contributed by atoms with Gasteiger partial charge in [0, 0.05) is 6.42 Å². The van der Waals surface area contributed by atoms with Gasteiger partial charge >= 0.3 is 0 Å². The van der Waals surface area contributed by atoms with Crippen LogP contribution in [0.1, 0.15) is 64.7 Å². The molecule has 0 heterocycles. The average molecular weight is 310 g/mol. The van der Waals surface area contributed by atoms with Crippen LogP contribution in [0.25, 0.3) is 0 Å². The lowest BCUT2D eigenvalue weighted by atomic mass is 10.1. The van der Waals surface area contributed by atoms with Gasteiger partial charge in [-0.25, -0.2) is 0 Å². The number of alkyl halides is 1. The van der Waals surface area contributed by atoms with Crippen molar-refractivity contribution in [2.75, 3.05) is 4.43 Å². The van der Waals surface area contributed by atoms with Crippen LogP contribution in [0.4, 0.5) is 0 Å². The van der Waals surface area contributed by atoms with Crippen LogP contribution in [-0.4, -0.2) is 10.2 Å². The van der Waals surface area contributed by atoms with Gasteiger partial charge in [-0.1, -0.05) is 74.5 Å². The van der Waals surface area contributed by atoms with E-state index in [1.54, 1.807) is 0 Å². The molecular weight excluding hydrogens is 287 g/mol. The molecule has 1 nitrogen and oxygen atoms in total. The van der Waals surface area contributed by atoms with E-state index in [0.717, 1.165) is 12.8 Å². The van der Waals surface area contributed by atoms with E-state index >= 15 is 0 Å². The summed E-state index contributed by atoms with van der Waals surface area (Å²) in [4.78, 5) is 11.0. The number of Topliss-reactive ketones (excluding diaryl/α,β-unsaturated/α-hetero) is 1. The molecule has 0 aliphatic heterocycles. The summed E-state index contributed by atoms with van der Waals surface area (Å²) >= 11 is 2.15. The van der Waals surface area contributed by atoms with Crippen molar-refractivity contribution >= 4 is 28.4 Å². The highest BCUT2D eigenvalue weighted by Gasteiger charge is 1.98. The first-order valence-electron chi connectivity index (χ1n) is 5.89. The van der Waals surface area contributed by atoms with E-state index in [-0.39, 0.29) is 0 Å². The Balaban J connectivity index is 2.95. The Morgan fingerprint density at radius 2 is 1.43 bits per heavy atom. The Bertz CT molecular complexity index is 134. The van der Waals surface area contributed by atoms with Gasteiger partial charge in [0.2, 0.25) is 0 Å². The number of carbonyl (C=O) groups is 1. The molecule has 0 aliphatic carbocycles. The molecule has 2 heteroatoms. The zero-order valence-corrected chi connectivity index (χ0v) is 11.5. The minimum atomic E-state index is 0.414. The number of ketones is 1. The van der Waals surface area contributed by atoms with Crippen LogP contribution in [0.5, 0.6) is 0 Å². The summed E-state index contributed by atoms with van der Waals surface area (Å²) in [6.45, 7) is 2.25. The Morgan fingerprint density at radius 1 is 0.929 bits per heavy atom. The minimum Gasteiger partial charge on any atom is -0.299 e. The van der Waals surface area contributed by atoms with Gasteiger partial charge in [0.05, 0.1) is 4.43 Å². The molecule has 0 atom stereocenters. The van der Waals surface area contributed by atoms with Crippen LogP contribution in [0.3, 0.4) is 0 Å². The fourth-order valence-electron chi connectivity index (χ4n) is 1.52. The zero-order valence-electron chi connectivity index (χ0n) is 9.36. The van der Waals surface area contributed by atoms with E-state index in [2.05, 4.69) is 29.5 Å². The second-order valence-electron chi connectivity index (χ2n) is 3.90. The smallest absolute Gasteiger partial charge is 0.142 e. The molecule has 0 radical (unpaired) electrons. The molecule has 0 N–H and O–H groups in total. The molecule has 0 unspecified atom stereocenters. The average Bonchev–Trinajstić information content (AvgIpc) is 2.21. The molecule has 0 saturated heterocycles. The zero-order chi connectivity index (χ0) is 10.6. The third-order valence-electron chi connectivity index (χ3n) is 2.46. The van der Waals surface area contributed by atoms with E-state index in [9.17, 15) is 4.79 Å². The summed E-state index contributed by atoms with van der Waals surface area (Å²) in [6, 6.07) is 0. The van der Waals surface area contributed by atoms with Crippen molar-refractivity contribution in [3.05, 3.63) is 0 Å². The van der Waals surface area contributed by atoms with Crippen molar-refractivity contribution in [3.63, 3.8) is 0 Å². The van der Waals surface area contributed by atoms with E-state index in [1.807, 2.05) is 0 Å². The highest BCUT2D eigenvalue weighted by molar-refractivity contribution is 14.1. The number of unbranched alkanes of at least 4 members (excludes halogenated alkanes) is 7. The summed E-state index contributed by atoms with van der Waals surface area (Å²) in [6.07, 6.45) is 11.3. The van der Waals surface area contributed by atoms with Gasteiger partial charge in [0.25, 0.3) is 0 Å². The Labute approximate surface area is 102 Å². The number of rotatable bonds is 10. The summed E-state index contributed by atoms with van der Waals surface area (Å²) < 4.78 is 0.689. The van der Waals surface area contributed by atoms with E-state index in [4.69, 9.17) is 0 Å². The molecule has 0 bridgehead atoms. The number of hydrogen-bond acceptors (Lipinski definition) is 1. The van der Waals surface area contributed by atoms with Gasteiger partial charge in [0.1, 0.15) is 5.78 Å². The predicted molar refractivity (Wildman–Crippen MR) is 71.1 cm³/mol. The second-order valence-corrected chi connectivity index (χ2v) is 4.66. The highest BCUT2D eigenvalue weighted by atomic mass is 127. The predicted octanol–water partition coefficient (Wildman–Crippen LogP) is 4.52. The Kier molecular flexibility index (Phi) is 11.8. The molecule has 0 amide bonds. The number of halogens is 1. The molecule has 0 spiro atoms. The molecule has 0 fully saturated rings. The quantitative estimate of drug-likeness (QED) is 0.329. The lowest BCUT2D eigenvalue weighted by molar-refractivity contribution is -0.116. The first-order valence-corrected chi connectivity index (χ1v) is 7.41. The van der Waals surface area contributed by atoms with Crippen LogP contribution in [0.2, 0.25) is 0 Å². The fraction of sp³-hybridized carbons (Fsp3) is 0.917. The molecule has 0 aromatic carbocycles. The van der Waals surface area contributed by atoms with Crippen molar-refractivity contribution in [1.82, 2.24) is 0 Å². The molecule has 0 rings (SSSR count). The van der Waals surface area contributed by atoms with E-state index < -0.39 is 0 Å². The van der Waals surface area contributed by atoms with Crippen LogP contribution in [0.15, 0.2) is 0 Å². The molecule has 14 heavy (non-hydrogen) atoms. The number of carbonyl (C=O) groups excluding carboxylic acids is 1. The lowest BCUT2D eigenvalue weighted by Gasteiger charge is -2.00. The highest BCUT2D eigenvalue weighted by Crippen LogP contribution is 2.09. The minimum absolute atomic E-state index is 0.414. The van der Waals surface area contributed by atoms with Crippen LogP contribution >= 0.6 is 22.6 Å². The summed E-state index contributed by atoms with van der Waals surface area (Å²) in [7, 11) is 0. The lowest BCUT2D eigenvalue weighted by Crippen LogP contribution is -1.97. The second kappa shape index (κ2) is 11.5. The Morgan fingerprint density at radius 3 is 1.93 bits per heavy atom. The largest absolute Gasteiger partial charge is 0.299 e. The van der Waals surface area contributed by atoms with Crippen molar-refractivity contribution < 1.29 is 4.79 Å². The summed E-state index contributed by atoms with van der Waals surface area (Å²) in [5, 5.41) is 0. The molecule has 0 aromatic heterocycles. The third kappa shape index (κ3) is 10.5. The van der Waals surface area contributed by atoms with Crippen LogP contribution in [-0.2, 0) is 4.79 Å². The third-order valence-corrected chi connectivity index (χ3v) is 3.31. The Hall–Kier alpha value is 0.400. The molecule has 0 aliphatic rings. The first-order chi connectivity index (χ1) is 6.81. The van der Waals surface area contributed by atoms with E-state index in [0.29, 0.717) is 10.2 Å². The van der Waals surface area contributed by atoms with E-state index in [1.165, 1.54) is 44.9 Å². The molecule has 0 aromatic rings. The first kappa shape index (κ1) is 14.4. The standard InChI is InChI=1S/C12H23IO/c1-2-3-4-5-6-7-8-9-10-12(14)11-13/h2-11H2,1H3. The van der Waals surface area contributed by atoms with Crippen molar-refractivity contribution in [1.29, 1.82) is 0 Å². The van der Waals surface area contributed by atoms with Gasteiger partial charge in [-0.15, -0.1) is 0 Å². The normalized spacial score (nSPS) is 10.4. The van der Waals surface area contributed by atoms with Gasteiger partial charge in [-0.2, -0.15) is 0 Å². The van der Waals surface area contributed by atoms with Crippen LogP contribution in [0, 0.1) is 0 Å². The van der Waals surface area contributed by atoms with Crippen molar-refractivity contribution in [3.8, 4) is 0 Å². The maximum absolute atomic E-state index is 11.0. The summed E-state index contributed by atoms with van der Waals surface area (Å²) in [5.41, 5.74) is 0. The molecule has 0 saturated carbocycles. The van der Waals surface area contributed by atoms with Gasteiger partial charge in [-0.05, 0) is 6.42 Å². The number of hydrogen-bond donors (Lipinski definition) is 0. The van der Waals surface area contributed by atoms with Crippen LogP contribution < -0.4 is 0 Å². The van der Waals surface area contributed by atoms with Gasteiger partial charge in [-0.3, -0.25) is 4.79 Å². The fourth-order valence-corrected chi connectivity index (χ4v) is 1.90. The maximum Gasteiger partial charge on any atom is 0.142 e. The monoisotopic (exact) mass is 310 g/mol. The van der Waals surface area contributed by atoms with Crippen molar-refractivity contribution in [2.24, 2.45) is 0 Å².